The van der Waals surface area contributed by atoms with Crippen LogP contribution in [0.2, 0.25) is 0 Å². The fourth-order valence-corrected chi connectivity index (χ4v) is 4.07. The van der Waals surface area contributed by atoms with Crippen molar-refractivity contribution in [2.45, 2.75) is 20.4 Å². The number of esters is 2. The summed E-state index contributed by atoms with van der Waals surface area (Å²) in [4.78, 5) is 39.4. The summed E-state index contributed by atoms with van der Waals surface area (Å²) in [6.07, 6.45) is 1.44. The van der Waals surface area contributed by atoms with Crippen LogP contribution in [0.4, 0.5) is 5.00 Å². The van der Waals surface area contributed by atoms with Crippen LogP contribution in [0.3, 0.4) is 0 Å². The molecule has 0 aliphatic heterocycles. The lowest BCUT2D eigenvalue weighted by Gasteiger charge is -2.16. The maximum atomic E-state index is 12.7. The van der Waals surface area contributed by atoms with Crippen LogP contribution in [0.5, 0.6) is 0 Å². The number of nitriles is 1. The van der Waals surface area contributed by atoms with E-state index < -0.39 is 11.9 Å². The number of thiophene rings is 1. The van der Waals surface area contributed by atoms with Gasteiger partial charge < -0.3 is 14.8 Å². The van der Waals surface area contributed by atoms with Crippen LogP contribution in [0.15, 0.2) is 36.9 Å². The Balaban J connectivity index is 2.17. The predicted molar refractivity (Wildman–Crippen MR) is 122 cm³/mol. The highest BCUT2D eigenvalue weighted by Crippen LogP contribution is 2.34. The maximum absolute atomic E-state index is 12.7. The van der Waals surface area contributed by atoms with Crippen molar-refractivity contribution in [2.75, 3.05) is 32.1 Å². The molecule has 0 aliphatic rings. The van der Waals surface area contributed by atoms with Gasteiger partial charge in [-0.15, -0.1) is 11.3 Å². The third kappa shape index (κ3) is 6.51. The minimum absolute atomic E-state index is 0.0321. The maximum Gasteiger partial charge on any atom is 0.348 e. The van der Waals surface area contributed by atoms with Crippen molar-refractivity contribution in [1.29, 1.82) is 5.26 Å². The first-order valence-corrected chi connectivity index (χ1v) is 10.7. The smallest absolute Gasteiger partial charge is 0.348 e. The number of hydrogen-bond donors (Lipinski definition) is 1. The molecule has 1 aromatic heterocycles. The quantitative estimate of drug-likeness (QED) is 0.431. The molecule has 0 bridgehead atoms. The summed E-state index contributed by atoms with van der Waals surface area (Å²) >= 11 is 0.967. The summed E-state index contributed by atoms with van der Waals surface area (Å²) in [5.74, 6) is -1.59. The van der Waals surface area contributed by atoms with Crippen molar-refractivity contribution in [3.63, 3.8) is 0 Å². The number of ether oxygens (including phenoxy) is 2. The fraction of sp³-hybridized carbons (Fsp3) is 0.304. The molecule has 2 aromatic rings. The average molecular weight is 456 g/mol. The van der Waals surface area contributed by atoms with Crippen molar-refractivity contribution in [3.8, 4) is 6.07 Å². The highest BCUT2D eigenvalue weighted by Gasteiger charge is 2.27. The van der Waals surface area contributed by atoms with E-state index in [1.807, 2.05) is 6.07 Å². The third-order valence-electron chi connectivity index (χ3n) is 4.32. The van der Waals surface area contributed by atoms with Crippen molar-refractivity contribution in [2.24, 2.45) is 0 Å². The van der Waals surface area contributed by atoms with Gasteiger partial charge in [-0.25, -0.2) is 9.59 Å². The highest BCUT2D eigenvalue weighted by molar-refractivity contribution is 7.18. The van der Waals surface area contributed by atoms with Gasteiger partial charge in [-0.3, -0.25) is 9.69 Å². The van der Waals surface area contributed by atoms with E-state index in [1.54, 1.807) is 44.0 Å². The van der Waals surface area contributed by atoms with E-state index in [-0.39, 0.29) is 41.1 Å². The van der Waals surface area contributed by atoms with Gasteiger partial charge in [-0.2, -0.15) is 5.26 Å². The fourth-order valence-electron chi connectivity index (χ4n) is 2.96. The molecule has 1 N–H and O–H groups in total. The number of likely N-dealkylation sites (N-methyl/N-ethyl adjacent to an activating group) is 1. The van der Waals surface area contributed by atoms with Crippen LogP contribution in [0.25, 0.3) is 0 Å². The first-order chi connectivity index (χ1) is 15.3. The number of anilines is 1. The monoisotopic (exact) mass is 455 g/mol. The molecule has 0 saturated carbocycles. The third-order valence-corrected chi connectivity index (χ3v) is 5.51. The first kappa shape index (κ1) is 24.8. The number of carbonyl (C=O) groups is 3. The summed E-state index contributed by atoms with van der Waals surface area (Å²) in [6.45, 7) is 7.46. The first-order valence-electron chi connectivity index (χ1n) is 9.86. The van der Waals surface area contributed by atoms with Gasteiger partial charge in [-0.1, -0.05) is 24.8 Å². The van der Waals surface area contributed by atoms with Crippen molar-refractivity contribution in [1.82, 2.24) is 4.90 Å². The van der Waals surface area contributed by atoms with Crippen LogP contribution in [-0.4, -0.2) is 49.6 Å². The second-order valence-corrected chi connectivity index (χ2v) is 7.92. The topological polar surface area (TPSA) is 109 Å². The number of benzene rings is 1. The molecule has 0 unspecified atom stereocenters. The van der Waals surface area contributed by atoms with Crippen molar-refractivity contribution >= 4 is 34.2 Å². The molecule has 2 rings (SSSR count). The number of amides is 1. The lowest BCUT2D eigenvalue weighted by Crippen LogP contribution is -2.30. The molecule has 0 radical (unpaired) electrons. The van der Waals surface area contributed by atoms with Crippen LogP contribution in [-0.2, 0) is 20.8 Å². The van der Waals surface area contributed by atoms with Gasteiger partial charge in [0.05, 0.1) is 30.3 Å². The number of hydrogen-bond acceptors (Lipinski definition) is 8. The minimum atomic E-state index is -0.624. The van der Waals surface area contributed by atoms with Gasteiger partial charge in [0.25, 0.3) is 0 Å². The number of rotatable bonds is 10. The highest BCUT2D eigenvalue weighted by atomic mass is 32.1. The zero-order chi connectivity index (χ0) is 23.7. The van der Waals surface area contributed by atoms with Crippen LogP contribution in [0, 0.1) is 18.3 Å². The molecule has 168 valence electrons. The molecule has 1 aromatic carbocycles. The second-order valence-electron chi connectivity index (χ2n) is 6.90. The minimum Gasteiger partial charge on any atom is -0.462 e. The Morgan fingerprint density at radius 1 is 1.28 bits per heavy atom. The molecule has 0 atom stereocenters. The van der Waals surface area contributed by atoms with E-state index in [1.165, 1.54) is 6.08 Å². The largest absolute Gasteiger partial charge is 0.462 e. The van der Waals surface area contributed by atoms with E-state index in [9.17, 15) is 14.4 Å². The summed E-state index contributed by atoms with van der Waals surface area (Å²) in [5, 5.41) is 12.0. The summed E-state index contributed by atoms with van der Waals surface area (Å²) in [6, 6.07) is 9.22. The molecule has 8 nitrogen and oxygen atoms in total. The molecule has 0 aliphatic carbocycles. The zero-order valence-corrected chi connectivity index (χ0v) is 19.1. The SMILES string of the molecule is C=CCOC(=O)c1sc(NC(=O)CN(C)Cc2cccc(C#N)c2)c(C(=O)OCC)c1C. The molecule has 1 heterocycles. The standard InChI is InChI=1S/C23H25N3O5S/c1-5-10-31-23(29)20-15(3)19(22(28)30-6-2)21(32-20)25-18(27)14-26(4)13-17-9-7-8-16(11-17)12-24/h5,7-9,11H,1,6,10,13-14H2,2-4H3,(H,25,27). The van der Waals surface area contributed by atoms with E-state index in [0.29, 0.717) is 17.7 Å². The molecular weight excluding hydrogens is 430 g/mol. The van der Waals surface area contributed by atoms with Gasteiger partial charge in [0.2, 0.25) is 5.91 Å². The van der Waals surface area contributed by atoms with Crippen molar-refractivity contribution < 1.29 is 23.9 Å². The lowest BCUT2D eigenvalue weighted by molar-refractivity contribution is -0.117. The Kier molecular flexibility index (Phi) is 9.13. The average Bonchev–Trinajstić information content (AvgIpc) is 3.07. The van der Waals surface area contributed by atoms with Crippen LogP contribution >= 0.6 is 11.3 Å². The van der Waals surface area contributed by atoms with Crippen LogP contribution in [0.1, 0.15) is 43.6 Å². The molecule has 1 amide bonds. The Bertz CT molecular complexity index is 1050. The van der Waals surface area contributed by atoms with Gasteiger partial charge in [0.15, 0.2) is 0 Å². The summed E-state index contributed by atoms with van der Waals surface area (Å²) < 4.78 is 10.2. The normalized spacial score (nSPS) is 10.3. The molecule has 0 spiro atoms. The lowest BCUT2D eigenvalue weighted by atomic mass is 10.1. The number of carbonyl (C=O) groups excluding carboxylic acids is 3. The Morgan fingerprint density at radius 3 is 2.69 bits per heavy atom. The van der Waals surface area contributed by atoms with Gasteiger partial charge in [0, 0.05) is 6.54 Å². The van der Waals surface area contributed by atoms with E-state index in [2.05, 4.69) is 18.0 Å². The molecule has 9 heteroatoms. The van der Waals surface area contributed by atoms with E-state index in [0.717, 1.165) is 16.9 Å². The predicted octanol–water partition coefficient (Wildman–Crippen LogP) is 3.52. The molecule has 32 heavy (non-hydrogen) atoms. The number of nitrogens with one attached hydrogen (secondary N) is 1. The molecule has 0 fully saturated rings. The van der Waals surface area contributed by atoms with Crippen LogP contribution < -0.4 is 5.32 Å². The molecule has 0 saturated heterocycles. The Labute approximate surface area is 191 Å². The number of nitrogens with zero attached hydrogens (tertiary/aromatic N) is 2. The van der Waals surface area contributed by atoms with Gasteiger partial charge >= 0.3 is 11.9 Å². The van der Waals surface area contributed by atoms with E-state index in [4.69, 9.17) is 14.7 Å². The zero-order valence-electron chi connectivity index (χ0n) is 18.3. The molecular formula is C23H25N3O5S. The second kappa shape index (κ2) is 11.8. The van der Waals surface area contributed by atoms with Crippen molar-refractivity contribution in [3.05, 3.63) is 64.1 Å². The van der Waals surface area contributed by atoms with E-state index >= 15 is 0 Å². The summed E-state index contributed by atoms with van der Waals surface area (Å²) in [5.41, 5.74) is 1.97. The van der Waals surface area contributed by atoms with Gasteiger partial charge in [-0.05, 0) is 44.2 Å². The van der Waals surface area contributed by atoms with Gasteiger partial charge in [0.1, 0.15) is 16.5 Å². The Hall–Kier alpha value is -3.48. The summed E-state index contributed by atoms with van der Waals surface area (Å²) in [7, 11) is 1.77. The Morgan fingerprint density at radius 2 is 2.03 bits per heavy atom.